The monoisotopic (exact) mass is 531 g/mol. The molecule has 5 heteroatoms. The van der Waals surface area contributed by atoms with Crippen LogP contribution in [0.2, 0.25) is 0 Å². The summed E-state index contributed by atoms with van der Waals surface area (Å²) in [4.78, 5) is 11.4. The minimum absolute atomic E-state index is 0.341. The summed E-state index contributed by atoms with van der Waals surface area (Å²) in [7, 11) is 5.76. The van der Waals surface area contributed by atoms with E-state index in [1.807, 2.05) is 56.7 Å². The zero-order valence-corrected chi connectivity index (χ0v) is 23.5. The second-order valence-electron chi connectivity index (χ2n) is 10.7. The maximum atomic E-state index is 12.7. The molecule has 2 unspecified atom stereocenters. The van der Waals surface area contributed by atoms with Gasteiger partial charge < -0.3 is 14.7 Å². The zero-order valence-electron chi connectivity index (χ0n) is 23.5. The van der Waals surface area contributed by atoms with E-state index in [0.29, 0.717) is 18.7 Å². The molecule has 5 rings (SSSR count). The lowest BCUT2D eigenvalue weighted by atomic mass is 9.72. The van der Waals surface area contributed by atoms with Gasteiger partial charge in [0, 0.05) is 41.4 Å². The summed E-state index contributed by atoms with van der Waals surface area (Å²) in [6.45, 7) is 0.753. The van der Waals surface area contributed by atoms with Gasteiger partial charge in [0.2, 0.25) is 5.88 Å². The number of methoxy groups -OCH3 is 1. The lowest BCUT2D eigenvalue weighted by Crippen LogP contribution is -2.40. The van der Waals surface area contributed by atoms with Crippen LogP contribution in [0.3, 0.4) is 0 Å². The van der Waals surface area contributed by atoms with Crippen LogP contribution in [0.4, 0.5) is 0 Å². The molecule has 0 saturated carbocycles. The largest absolute Gasteiger partial charge is 0.481 e. The Morgan fingerprint density at radius 1 is 0.850 bits per heavy atom. The Balaban J connectivity index is 1.66. The first-order valence-corrected chi connectivity index (χ1v) is 13.8. The summed E-state index contributed by atoms with van der Waals surface area (Å²) in [6, 6.07) is 33.1. The van der Waals surface area contributed by atoms with Crippen LogP contribution in [0, 0.1) is 0 Å². The van der Waals surface area contributed by atoms with E-state index in [1.165, 1.54) is 5.56 Å². The number of aliphatic hydroxyl groups is 1. The number of hydrogen-bond acceptors (Lipinski definition) is 5. The highest BCUT2D eigenvalue weighted by atomic mass is 16.5. The summed E-state index contributed by atoms with van der Waals surface area (Å²) >= 11 is 0. The number of fused-ring (bicyclic) bond motifs is 1. The smallest absolute Gasteiger partial charge is 0.217 e. The fourth-order valence-corrected chi connectivity index (χ4v) is 5.52. The molecule has 40 heavy (non-hydrogen) atoms. The van der Waals surface area contributed by atoms with Gasteiger partial charge in [0.15, 0.2) is 0 Å². The van der Waals surface area contributed by atoms with Crippen molar-refractivity contribution in [2.45, 2.75) is 30.8 Å². The average Bonchev–Trinajstić information content (AvgIpc) is 3.00. The minimum atomic E-state index is -1.05. The Bertz CT molecular complexity index is 1520. The van der Waals surface area contributed by atoms with Gasteiger partial charge in [0.05, 0.1) is 18.2 Å². The molecule has 3 aromatic carbocycles. The molecule has 5 aromatic rings. The van der Waals surface area contributed by atoms with Crippen molar-refractivity contribution in [1.82, 2.24) is 14.9 Å². The fraction of sp³-hybridized carbons (Fsp3) is 0.257. The van der Waals surface area contributed by atoms with Crippen LogP contribution in [-0.4, -0.2) is 53.3 Å². The Hall–Kier alpha value is -4.06. The quantitative estimate of drug-likeness (QED) is 0.204. The summed E-state index contributed by atoms with van der Waals surface area (Å²) in [5.41, 5.74) is 5.06. The number of hydrogen-bond donors (Lipinski definition) is 1. The van der Waals surface area contributed by atoms with E-state index in [2.05, 4.69) is 70.5 Å². The molecule has 0 fully saturated rings. The fourth-order valence-electron chi connectivity index (χ4n) is 5.52. The second-order valence-corrected chi connectivity index (χ2v) is 10.7. The molecule has 1 N–H and O–H groups in total. The minimum Gasteiger partial charge on any atom is -0.481 e. The van der Waals surface area contributed by atoms with Gasteiger partial charge in [-0.15, -0.1) is 0 Å². The molecule has 204 valence electrons. The molecule has 0 aliphatic carbocycles. The summed E-state index contributed by atoms with van der Waals surface area (Å²) in [6.07, 6.45) is 5.62. The van der Waals surface area contributed by atoms with Crippen molar-refractivity contribution in [3.8, 4) is 17.0 Å². The number of rotatable bonds is 11. The Morgan fingerprint density at radius 2 is 1.60 bits per heavy atom. The van der Waals surface area contributed by atoms with Crippen LogP contribution in [0.1, 0.15) is 35.4 Å². The predicted octanol–water partition coefficient (Wildman–Crippen LogP) is 6.75. The molecule has 0 saturated heterocycles. The summed E-state index contributed by atoms with van der Waals surface area (Å²) in [5.74, 6) is 0.199. The first-order chi connectivity index (χ1) is 19.5. The first-order valence-electron chi connectivity index (χ1n) is 13.8. The van der Waals surface area contributed by atoms with Crippen molar-refractivity contribution in [3.63, 3.8) is 0 Å². The molecule has 5 nitrogen and oxygen atoms in total. The number of benzene rings is 3. The molecule has 0 amide bonds. The molecule has 0 aliphatic heterocycles. The average molecular weight is 532 g/mol. The zero-order chi connectivity index (χ0) is 28.0. The second kappa shape index (κ2) is 12.4. The molecule has 2 heterocycles. The third kappa shape index (κ3) is 6.22. The van der Waals surface area contributed by atoms with Crippen LogP contribution in [-0.2, 0) is 6.42 Å². The van der Waals surface area contributed by atoms with Gasteiger partial charge in [-0.1, -0.05) is 72.8 Å². The normalized spacial score (nSPS) is 13.7. The maximum Gasteiger partial charge on any atom is 0.217 e. The number of aryl methyl sites for hydroxylation is 1. The highest BCUT2D eigenvalue weighted by Crippen LogP contribution is 2.44. The van der Waals surface area contributed by atoms with Crippen molar-refractivity contribution in [2.24, 2.45) is 0 Å². The molecule has 0 radical (unpaired) electrons. The van der Waals surface area contributed by atoms with Crippen LogP contribution in [0.15, 0.2) is 109 Å². The number of nitrogens with zero attached hydrogens (tertiary/aromatic N) is 3. The molecule has 0 spiro atoms. The van der Waals surface area contributed by atoms with Crippen LogP contribution >= 0.6 is 0 Å². The molecular weight excluding hydrogens is 494 g/mol. The van der Waals surface area contributed by atoms with Crippen molar-refractivity contribution in [1.29, 1.82) is 0 Å². The van der Waals surface area contributed by atoms with Crippen molar-refractivity contribution in [3.05, 3.63) is 126 Å². The van der Waals surface area contributed by atoms with E-state index >= 15 is 0 Å². The highest BCUT2D eigenvalue weighted by Gasteiger charge is 2.40. The van der Waals surface area contributed by atoms with Crippen molar-refractivity contribution >= 4 is 10.9 Å². The van der Waals surface area contributed by atoms with Gasteiger partial charge in [0.1, 0.15) is 0 Å². The van der Waals surface area contributed by atoms with Gasteiger partial charge in [-0.2, -0.15) is 0 Å². The van der Waals surface area contributed by atoms with Crippen molar-refractivity contribution in [2.75, 3.05) is 27.7 Å². The summed E-state index contributed by atoms with van der Waals surface area (Å²) < 4.78 is 5.91. The van der Waals surface area contributed by atoms with E-state index in [9.17, 15) is 5.11 Å². The van der Waals surface area contributed by atoms with Crippen LogP contribution in [0.5, 0.6) is 5.88 Å². The number of aromatic nitrogens is 2. The van der Waals surface area contributed by atoms with Gasteiger partial charge in [-0.25, -0.2) is 4.98 Å². The third-order valence-corrected chi connectivity index (χ3v) is 7.66. The lowest BCUT2D eigenvalue weighted by Gasteiger charge is -2.38. The first kappa shape index (κ1) is 27.5. The Labute approximate surface area is 237 Å². The highest BCUT2D eigenvalue weighted by molar-refractivity contribution is 5.86. The number of pyridine rings is 2. The van der Waals surface area contributed by atoms with Crippen molar-refractivity contribution < 1.29 is 9.84 Å². The Morgan fingerprint density at radius 3 is 2.27 bits per heavy atom. The van der Waals surface area contributed by atoms with Crippen LogP contribution in [0.25, 0.3) is 22.0 Å². The molecule has 0 aliphatic rings. The SMILES string of the molecule is COc1nc2ccc(-c3cccnc3)cc2cc1C(c1ccccc1)C(O)(CCc1ccccc1)CCN(C)C. The van der Waals surface area contributed by atoms with Gasteiger partial charge in [-0.3, -0.25) is 4.98 Å². The molecule has 2 atom stereocenters. The van der Waals surface area contributed by atoms with E-state index in [1.54, 1.807) is 13.3 Å². The number of ether oxygens (including phenoxy) is 1. The maximum absolute atomic E-state index is 12.7. The molecular formula is C35H37N3O2. The Kier molecular flexibility index (Phi) is 8.54. The summed E-state index contributed by atoms with van der Waals surface area (Å²) in [5, 5.41) is 13.7. The van der Waals surface area contributed by atoms with E-state index in [0.717, 1.165) is 46.1 Å². The molecule has 0 bridgehead atoms. The standard InChI is InChI=1S/C35H37N3O2/c1-38(2)22-20-35(39,19-18-26-11-6-4-7-12-26)33(27-13-8-5-9-14-27)31-24-30-23-28(29-15-10-21-36-25-29)16-17-32(30)37-34(31)40-3/h4-17,21,23-25,33,39H,18-20,22H2,1-3H3. The van der Waals surface area contributed by atoms with E-state index < -0.39 is 5.60 Å². The predicted molar refractivity (Wildman–Crippen MR) is 163 cm³/mol. The van der Waals surface area contributed by atoms with E-state index in [-0.39, 0.29) is 5.92 Å². The van der Waals surface area contributed by atoms with E-state index in [4.69, 9.17) is 9.72 Å². The van der Waals surface area contributed by atoms with Gasteiger partial charge >= 0.3 is 0 Å². The molecule has 2 aromatic heterocycles. The lowest BCUT2D eigenvalue weighted by molar-refractivity contribution is 0.000777. The third-order valence-electron chi connectivity index (χ3n) is 7.66. The van der Waals surface area contributed by atoms with Gasteiger partial charge in [0.25, 0.3) is 0 Å². The topological polar surface area (TPSA) is 58.5 Å². The van der Waals surface area contributed by atoms with Gasteiger partial charge in [-0.05, 0) is 74.3 Å². The van der Waals surface area contributed by atoms with Crippen LogP contribution < -0.4 is 4.74 Å².